The number of hydrogen-bond acceptors (Lipinski definition) is 5. The lowest BCUT2D eigenvalue weighted by atomic mass is 10.1. The van der Waals surface area contributed by atoms with Crippen molar-refractivity contribution in [1.82, 2.24) is 10.3 Å². The minimum atomic E-state index is -0.829. The smallest absolute Gasteiger partial charge is 0.328 e. The van der Waals surface area contributed by atoms with Crippen molar-refractivity contribution in [3.05, 3.63) is 30.1 Å². The first kappa shape index (κ1) is 13.6. The minimum absolute atomic E-state index is 0.155. The fourth-order valence-electron chi connectivity index (χ4n) is 1.33. The van der Waals surface area contributed by atoms with Crippen LogP contribution in [0.2, 0.25) is 0 Å². The van der Waals surface area contributed by atoms with Crippen LogP contribution in [0.5, 0.6) is 0 Å². The normalized spacial score (nSPS) is 11.1. The van der Waals surface area contributed by atoms with Crippen LogP contribution in [0.3, 0.4) is 0 Å². The highest BCUT2D eigenvalue weighted by Crippen LogP contribution is 2.01. The summed E-state index contributed by atoms with van der Waals surface area (Å²) in [5, 5.41) is 11.0. The van der Waals surface area contributed by atoms with Crippen LogP contribution in [0.15, 0.2) is 24.4 Å². The summed E-state index contributed by atoms with van der Waals surface area (Å²) in [6, 6.07) is 5.98. The molecule has 0 aliphatic heterocycles. The zero-order valence-electron chi connectivity index (χ0n) is 9.92. The number of amides is 1. The van der Waals surface area contributed by atoms with Gasteiger partial charge in [-0.1, -0.05) is 6.07 Å². The second-order valence-corrected chi connectivity index (χ2v) is 3.46. The van der Waals surface area contributed by atoms with Gasteiger partial charge in [0.05, 0.1) is 13.2 Å². The Balaban J connectivity index is 2.69. The molecule has 94 valence electrons. The van der Waals surface area contributed by atoms with E-state index in [9.17, 15) is 9.59 Å². The first-order chi connectivity index (χ1) is 8.69. The molecule has 1 rings (SSSR count). The summed E-state index contributed by atoms with van der Waals surface area (Å²) in [7, 11) is 1.23. The number of carbonyl (C=O) groups excluding carboxylic acids is 2. The van der Waals surface area contributed by atoms with Crippen molar-refractivity contribution >= 4 is 11.9 Å². The largest absolute Gasteiger partial charge is 0.467 e. The molecule has 0 saturated carbocycles. The highest BCUT2D eigenvalue weighted by Gasteiger charge is 2.21. The molecule has 1 aromatic rings. The first-order valence-corrected chi connectivity index (χ1v) is 5.35. The van der Waals surface area contributed by atoms with E-state index in [4.69, 9.17) is 5.26 Å². The number of ether oxygens (including phenoxy) is 1. The van der Waals surface area contributed by atoms with Crippen molar-refractivity contribution in [3.8, 4) is 6.07 Å². The number of nitriles is 1. The van der Waals surface area contributed by atoms with Gasteiger partial charge in [-0.15, -0.1) is 0 Å². The van der Waals surface area contributed by atoms with Crippen LogP contribution in [0.1, 0.15) is 23.3 Å². The predicted molar refractivity (Wildman–Crippen MR) is 62.4 cm³/mol. The summed E-state index contributed by atoms with van der Waals surface area (Å²) in [6.07, 6.45) is 1.85. The lowest BCUT2D eigenvalue weighted by Gasteiger charge is -2.14. The molecule has 0 fully saturated rings. The maximum atomic E-state index is 11.8. The Morgan fingerprint density at radius 2 is 2.33 bits per heavy atom. The molecule has 0 unspecified atom stereocenters. The van der Waals surface area contributed by atoms with Crippen molar-refractivity contribution in [2.24, 2.45) is 0 Å². The number of hydrogen-bond donors (Lipinski definition) is 1. The first-order valence-electron chi connectivity index (χ1n) is 5.35. The molecule has 1 N–H and O–H groups in total. The predicted octanol–water partition coefficient (Wildman–Crippen LogP) is 0.657. The van der Waals surface area contributed by atoms with Crippen LogP contribution in [0, 0.1) is 11.3 Å². The van der Waals surface area contributed by atoms with E-state index in [1.54, 1.807) is 12.1 Å². The molecule has 0 aliphatic rings. The highest BCUT2D eigenvalue weighted by molar-refractivity contribution is 5.95. The summed E-state index contributed by atoms with van der Waals surface area (Å²) >= 11 is 0. The Morgan fingerprint density at radius 1 is 1.56 bits per heavy atom. The summed E-state index contributed by atoms with van der Waals surface area (Å²) in [6.45, 7) is 0. The van der Waals surface area contributed by atoms with Gasteiger partial charge < -0.3 is 10.1 Å². The Labute approximate surface area is 105 Å². The van der Waals surface area contributed by atoms with Crippen LogP contribution < -0.4 is 5.32 Å². The third kappa shape index (κ3) is 3.87. The quantitative estimate of drug-likeness (QED) is 0.771. The zero-order chi connectivity index (χ0) is 13.4. The minimum Gasteiger partial charge on any atom is -0.467 e. The monoisotopic (exact) mass is 247 g/mol. The molecular weight excluding hydrogens is 234 g/mol. The van der Waals surface area contributed by atoms with Crippen molar-refractivity contribution < 1.29 is 14.3 Å². The maximum Gasteiger partial charge on any atom is 0.328 e. The van der Waals surface area contributed by atoms with Gasteiger partial charge in [-0.05, 0) is 18.6 Å². The topological polar surface area (TPSA) is 92.1 Å². The molecule has 0 saturated heterocycles. The number of pyridine rings is 1. The van der Waals surface area contributed by atoms with E-state index in [1.165, 1.54) is 19.4 Å². The number of rotatable bonds is 5. The summed E-state index contributed by atoms with van der Waals surface area (Å²) < 4.78 is 4.56. The molecule has 1 atom stereocenters. The number of nitrogens with zero attached hydrogens (tertiary/aromatic N) is 2. The van der Waals surface area contributed by atoms with Gasteiger partial charge in [0.2, 0.25) is 0 Å². The average Bonchev–Trinajstić information content (AvgIpc) is 2.43. The zero-order valence-corrected chi connectivity index (χ0v) is 9.92. The van der Waals surface area contributed by atoms with E-state index in [-0.39, 0.29) is 18.5 Å². The molecule has 18 heavy (non-hydrogen) atoms. The standard InChI is InChI=1S/C12H13N3O3/c1-18-12(17)10(6-4-7-13)15-11(16)9-5-2-3-8-14-9/h2-3,5,8,10H,4,6H2,1H3,(H,15,16)/t10-/m0/s1. The summed E-state index contributed by atoms with van der Waals surface area (Å²) in [4.78, 5) is 27.1. The van der Waals surface area contributed by atoms with Crippen LogP contribution in [0.25, 0.3) is 0 Å². The van der Waals surface area contributed by atoms with Gasteiger partial charge in [-0.2, -0.15) is 5.26 Å². The van der Waals surface area contributed by atoms with Crippen molar-refractivity contribution in [3.63, 3.8) is 0 Å². The Morgan fingerprint density at radius 3 is 2.89 bits per heavy atom. The van der Waals surface area contributed by atoms with Crippen LogP contribution in [-0.2, 0) is 9.53 Å². The molecule has 0 radical (unpaired) electrons. The van der Waals surface area contributed by atoms with Gasteiger partial charge in [-0.3, -0.25) is 9.78 Å². The Bertz CT molecular complexity index is 453. The SMILES string of the molecule is COC(=O)[C@H](CCC#N)NC(=O)c1ccccn1. The highest BCUT2D eigenvalue weighted by atomic mass is 16.5. The van der Waals surface area contributed by atoms with Gasteiger partial charge in [-0.25, -0.2) is 4.79 Å². The van der Waals surface area contributed by atoms with Gasteiger partial charge >= 0.3 is 5.97 Å². The van der Waals surface area contributed by atoms with E-state index in [0.29, 0.717) is 0 Å². The van der Waals surface area contributed by atoms with Gasteiger partial charge in [0.25, 0.3) is 5.91 Å². The average molecular weight is 247 g/mol. The molecule has 6 nitrogen and oxygen atoms in total. The summed E-state index contributed by atoms with van der Waals surface area (Å²) in [5.74, 6) is -1.04. The van der Waals surface area contributed by atoms with Gasteiger partial charge in [0, 0.05) is 12.6 Å². The maximum absolute atomic E-state index is 11.8. The van der Waals surface area contributed by atoms with E-state index < -0.39 is 17.9 Å². The van der Waals surface area contributed by atoms with Crippen molar-refractivity contribution in [1.29, 1.82) is 5.26 Å². The van der Waals surface area contributed by atoms with Crippen molar-refractivity contribution in [2.45, 2.75) is 18.9 Å². The molecule has 1 heterocycles. The Kier molecular flexibility index (Phi) is 5.32. The molecule has 0 spiro atoms. The van der Waals surface area contributed by atoms with Gasteiger partial charge in [0.15, 0.2) is 0 Å². The number of esters is 1. The molecule has 1 amide bonds. The molecule has 0 aromatic carbocycles. The molecule has 6 heteroatoms. The molecule has 1 aromatic heterocycles. The lowest BCUT2D eigenvalue weighted by Crippen LogP contribution is -2.41. The van der Waals surface area contributed by atoms with Crippen LogP contribution >= 0.6 is 0 Å². The van der Waals surface area contributed by atoms with E-state index in [2.05, 4.69) is 15.0 Å². The van der Waals surface area contributed by atoms with E-state index in [0.717, 1.165) is 0 Å². The lowest BCUT2D eigenvalue weighted by molar-refractivity contribution is -0.143. The van der Waals surface area contributed by atoms with E-state index >= 15 is 0 Å². The van der Waals surface area contributed by atoms with Crippen LogP contribution in [0.4, 0.5) is 0 Å². The van der Waals surface area contributed by atoms with Crippen molar-refractivity contribution in [2.75, 3.05) is 7.11 Å². The Hall–Kier alpha value is -2.42. The van der Waals surface area contributed by atoms with Gasteiger partial charge in [0.1, 0.15) is 11.7 Å². The number of methoxy groups -OCH3 is 1. The molecular formula is C12H13N3O3. The molecule has 0 aliphatic carbocycles. The molecule has 0 bridgehead atoms. The number of carbonyl (C=O) groups is 2. The number of nitrogens with one attached hydrogen (secondary N) is 1. The second kappa shape index (κ2) is 7.01. The third-order valence-corrected chi connectivity index (χ3v) is 2.23. The third-order valence-electron chi connectivity index (χ3n) is 2.23. The fourth-order valence-corrected chi connectivity index (χ4v) is 1.33. The second-order valence-electron chi connectivity index (χ2n) is 3.46. The summed E-state index contributed by atoms with van der Waals surface area (Å²) in [5.41, 5.74) is 0.211. The van der Waals surface area contributed by atoms with E-state index in [1.807, 2.05) is 6.07 Å². The van der Waals surface area contributed by atoms with Crippen LogP contribution in [-0.4, -0.2) is 30.0 Å². The fraction of sp³-hybridized carbons (Fsp3) is 0.333. The number of aromatic nitrogens is 1.